The molecule has 0 saturated heterocycles. The molecule has 0 amide bonds. The number of rotatable bonds is 2. The molecular weight excluding hydrogens is 242 g/mol. The molecule has 0 unspecified atom stereocenters. The fraction of sp³-hybridized carbons (Fsp3) is 0. The minimum Gasteiger partial charge on any atom is -0.349 e. The zero-order valence-electron chi connectivity index (χ0n) is 9.42. The fourth-order valence-electron chi connectivity index (χ4n) is 1.76. The van der Waals surface area contributed by atoms with Gasteiger partial charge in [-0.15, -0.1) is 0 Å². The minimum atomic E-state index is 0.598. The van der Waals surface area contributed by atoms with Crippen molar-refractivity contribution >= 4 is 22.7 Å². The normalized spacial score (nSPS) is 10.4. The third-order valence-corrected chi connectivity index (χ3v) is 3.56. The van der Waals surface area contributed by atoms with Gasteiger partial charge in [-0.2, -0.15) is 5.26 Å². The van der Waals surface area contributed by atoms with Crippen LogP contribution in [0.3, 0.4) is 0 Å². The van der Waals surface area contributed by atoms with Crippen LogP contribution in [0.1, 0.15) is 5.56 Å². The molecule has 3 nitrogen and oxygen atoms in total. The molecule has 0 aliphatic heterocycles. The van der Waals surface area contributed by atoms with Crippen LogP contribution in [0.15, 0.2) is 58.7 Å². The number of benzene rings is 1. The van der Waals surface area contributed by atoms with E-state index in [4.69, 9.17) is 5.26 Å². The zero-order valence-corrected chi connectivity index (χ0v) is 10.2. The van der Waals surface area contributed by atoms with E-state index in [0.29, 0.717) is 5.56 Å². The van der Waals surface area contributed by atoms with Crippen LogP contribution >= 0.6 is 11.8 Å². The number of nitriles is 1. The van der Waals surface area contributed by atoms with Crippen molar-refractivity contribution in [3.63, 3.8) is 0 Å². The summed E-state index contributed by atoms with van der Waals surface area (Å²) in [5.74, 6) is 0. The highest BCUT2D eigenvalue weighted by molar-refractivity contribution is 7.99. The maximum atomic E-state index is 9.02. The Labute approximate surface area is 108 Å². The van der Waals surface area contributed by atoms with Crippen LogP contribution in [-0.4, -0.2) is 9.97 Å². The van der Waals surface area contributed by atoms with E-state index in [2.05, 4.69) is 28.2 Å². The van der Waals surface area contributed by atoms with Crippen molar-refractivity contribution in [3.05, 3.63) is 54.2 Å². The Kier molecular flexibility index (Phi) is 2.75. The van der Waals surface area contributed by atoms with Crippen molar-refractivity contribution in [2.75, 3.05) is 0 Å². The van der Waals surface area contributed by atoms with Crippen LogP contribution in [0.4, 0.5) is 0 Å². The van der Waals surface area contributed by atoms with Crippen LogP contribution in [-0.2, 0) is 0 Å². The molecule has 0 bridgehead atoms. The second kappa shape index (κ2) is 4.55. The van der Waals surface area contributed by atoms with Crippen molar-refractivity contribution in [1.82, 2.24) is 9.97 Å². The number of aromatic nitrogens is 2. The van der Waals surface area contributed by atoms with Gasteiger partial charge in [-0.05, 0) is 24.3 Å². The van der Waals surface area contributed by atoms with E-state index in [1.807, 2.05) is 18.2 Å². The molecule has 1 aromatic carbocycles. The standard InChI is InChI=1S/C14H9N3S/c15-9-11-5-3-7-16-14(11)18-13-8-10-4-1-2-6-12(10)17-13/h1-8,17H. The third kappa shape index (κ3) is 1.96. The van der Waals surface area contributed by atoms with Crippen LogP contribution in [0.5, 0.6) is 0 Å². The summed E-state index contributed by atoms with van der Waals surface area (Å²) in [5, 5.41) is 11.9. The van der Waals surface area contributed by atoms with Crippen molar-refractivity contribution < 1.29 is 0 Å². The average Bonchev–Trinajstić information content (AvgIpc) is 2.81. The summed E-state index contributed by atoms with van der Waals surface area (Å²) in [5.41, 5.74) is 1.69. The van der Waals surface area contributed by atoms with E-state index in [9.17, 15) is 0 Å². The first kappa shape index (κ1) is 10.9. The van der Waals surface area contributed by atoms with Crippen LogP contribution in [0.25, 0.3) is 10.9 Å². The first-order chi connectivity index (χ1) is 8.86. The molecule has 0 aliphatic carbocycles. The van der Waals surface area contributed by atoms with Gasteiger partial charge in [0.2, 0.25) is 0 Å². The summed E-state index contributed by atoms with van der Waals surface area (Å²) in [7, 11) is 0. The summed E-state index contributed by atoms with van der Waals surface area (Å²) in [6.07, 6.45) is 1.70. The number of hydrogen-bond acceptors (Lipinski definition) is 3. The number of para-hydroxylation sites is 1. The Bertz CT molecular complexity index is 707. The summed E-state index contributed by atoms with van der Waals surface area (Å²) in [6.45, 7) is 0. The van der Waals surface area contributed by atoms with Gasteiger partial charge in [0.15, 0.2) is 0 Å². The molecule has 2 heterocycles. The van der Waals surface area contributed by atoms with Gasteiger partial charge < -0.3 is 4.98 Å². The molecule has 0 radical (unpaired) electrons. The number of H-pyrrole nitrogens is 1. The predicted molar refractivity (Wildman–Crippen MR) is 71.4 cm³/mol. The second-order valence-corrected chi connectivity index (χ2v) is 4.82. The fourth-order valence-corrected chi connectivity index (χ4v) is 2.66. The van der Waals surface area contributed by atoms with Gasteiger partial charge >= 0.3 is 0 Å². The van der Waals surface area contributed by atoms with Crippen LogP contribution in [0, 0.1) is 11.3 Å². The molecule has 18 heavy (non-hydrogen) atoms. The molecule has 0 aliphatic rings. The number of nitrogens with one attached hydrogen (secondary N) is 1. The molecule has 0 fully saturated rings. The Morgan fingerprint density at radius 3 is 2.89 bits per heavy atom. The minimum absolute atomic E-state index is 0.598. The van der Waals surface area contributed by atoms with Gasteiger partial charge in [-0.25, -0.2) is 4.98 Å². The van der Waals surface area contributed by atoms with E-state index in [-0.39, 0.29) is 0 Å². The van der Waals surface area contributed by atoms with Gasteiger partial charge in [-0.1, -0.05) is 30.0 Å². The van der Waals surface area contributed by atoms with Crippen molar-refractivity contribution in [2.45, 2.75) is 10.1 Å². The lowest BCUT2D eigenvalue weighted by Gasteiger charge is -1.99. The molecule has 3 aromatic rings. The Morgan fingerprint density at radius 1 is 1.17 bits per heavy atom. The monoisotopic (exact) mass is 251 g/mol. The van der Waals surface area contributed by atoms with E-state index >= 15 is 0 Å². The van der Waals surface area contributed by atoms with Gasteiger partial charge in [0.05, 0.1) is 10.6 Å². The molecule has 3 rings (SSSR count). The maximum Gasteiger partial charge on any atom is 0.120 e. The summed E-state index contributed by atoms with van der Waals surface area (Å²) < 4.78 is 0. The lowest BCUT2D eigenvalue weighted by atomic mass is 10.3. The second-order valence-electron chi connectivity index (χ2n) is 3.79. The molecule has 2 aromatic heterocycles. The summed E-state index contributed by atoms with van der Waals surface area (Å²) in [4.78, 5) is 7.54. The molecule has 1 N–H and O–H groups in total. The summed E-state index contributed by atoms with van der Waals surface area (Å²) in [6, 6.07) is 15.9. The molecule has 0 atom stereocenters. The highest BCUT2D eigenvalue weighted by atomic mass is 32.2. The zero-order chi connectivity index (χ0) is 12.4. The number of aromatic amines is 1. The van der Waals surface area contributed by atoms with Crippen molar-refractivity contribution in [1.29, 1.82) is 5.26 Å². The molecular formula is C14H9N3S. The maximum absolute atomic E-state index is 9.02. The van der Waals surface area contributed by atoms with Gasteiger partial charge in [0.25, 0.3) is 0 Å². The van der Waals surface area contributed by atoms with Crippen LogP contribution < -0.4 is 0 Å². The quantitative estimate of drug-likeness (QED) is 0.757. The van der Waals surface area contributed by atoms with Crippen molar-refractivity contribution in [2.24, 2.45) is 0 Å². The lowest BCUT2D eigenvalue weighted by molar-refractivity contribution is 1.10. The molecule has 0 saturated carbocycles. The van der Waals surface area contributed by atoms with Gasteiger partial charge in [-0.3, -0.25) is 0 Å². The Hall–Kier alpha value is -2.25. The smallest absolute Gasteiger partial charge is 0.120 e. The highest BCUT2D eigenvalue weighted by Crippen LogP contribution is 2.30. The van der Waals surface area contributed by atoms with Gasteiger partial charge in [0, 0.05) is 17.1 Å². The van der Waals surface area contributed by atoms with E-state index in [0.717, 1.165) is 21.0 Å². The number of fused-ring (bicyclic) bond motifs is 1. The van der Waals surface area contributed by atoms with Crippen molar-refractivity contribution in [3.8, 4) is 6.07 Å². The van der Waals surface area contributed by atoms with E-state index in [1.165, 1.54) is 11.8 Å². The first-order valence-corrected chi connectivity index (χ1v) is 6.29. The number of hydrogen-bond donors (Lipinski definition) is 1. The Morgan fingerprint density at radius 2 is 2.06 bits per heavy atom. The van der Waals surface area contributed by atoms with Crippen LogP contribution in [0.2, 0.25) is 0 Å². The van der Waals surface area contributed by atoms with Gasteiger partial charge in [0.1, 0.15) is 11.1 Å². The number of pyridine rings is 1. The SMILES string of the molecule is N#Cc1cccnc1Sc1cc2ccccc2[nH]1. The summed E-state index contributed by atoms with van der Waals surface area (Å²) >= 11 is 1.48. The Balaban J connectivity index is 1.99. The topological polar surface area (TPSA) is 52.5 Å². The number of nitrogens with zero attached hydrogens (tertiary/aromatic N) is 2. The van der Waals surface area contributed by atoms with E-state index in [1.54, 1.807) is 18.3 Å². The molecule has 4 heteroatoms. The lowest BCUT2D eigenvalue weighted by Crippen LogP contribution is -1.84. The average molecular weight is 251 g/mol. The molecule has 86 valence electrons. The third-order valence-electron chi connectivity index (χ3n) is 2.60. The first-order valence-electron chi connectivity index (χ1n) is 5.47. The predicted octanol–water partition coefficient (Wildman–Crippen LogP) is 3.59. The largest absolute Gasteiger partial charge is 0.349 e. The molecule has 0 spiro atoms. The highest BCUT2D eigenvalue weighted by Gasteiger charge is 2.07. The van der Waals surface area contributed by atoms with E-state index < -0.39 is 0 Å².